The van der Waals surface area contributed by atoms with E-state index in [9.17, 15) is 9.59 Å². The second-order valence-electron chi connectivity index (χ2n) is 8.37. The molecule has 2 amide bonds. The number of ether oxygens (including phenoxy) is 2. The summed E-state index contributed by atoms with van der Waals surface area (Å²) in [4.78, 5) is 25.3. The van der Waals surface area contributed by atoms with Gasteiger partial charge in [0.2, 0.25) is 0 Å². The molecule has 0 saturated heterocycles. The molecule has 2 N–H and O–H groups in total. The number of nitrogens with zero attached hydrogens (tertiary/aromatic N) is 1. The molecule has 7 nitrogen and oxygen atoms in total. The van der Waals surface area contributed by atoms with Crippen molar-refractivity contribution in [3.63, 3.8) is 0 Å². The fourth-order valence-corrected chi connectivity index (χ4v) is 3.87. The van der Waals surface area contributed by atoms with Gasteiger partial charge in [-0.3, -0.25) is 9.59 Å². The van der Waals surface area contributed by atoms with E-state index < -0.39 is 11.9 Å². The SMILES string of the molecule is COc1cc(C=NNC(=O)C(NC(=O)c2ccc(Cl)cc2)C(C)C)ccc1OCc1ccc(Cl)cc1Cl. The first-order valence-corrected chi connectivity index (χ1v) is 12.5. The van der Waals surface area contributed by atoms with Gasteiger partial charge in [-0.05, 0) is 66.1 Å². The van der Waals surface area contributed by atoms with Crippen molar-refractivity contribution in [3.05, 3.63) is 92.4 Å². The van der Waals surface area contributed by atoms with Gasteiger partial charge in [0.15, 0.2) is 11.5 Å². The molecular weight excluding hydrogens is 537 g/mol. The number of rotatable bonds is 10. The number of hydrogen-bond acceptors (Lipinski definition) is 5. The van der Waals surface area contributed by atoms with Gasteiger partial charge >= 0.3 is 0 Å². The summed E-state index contributed by atoms with van der Waals surface area (Å²) in [6, 6.07) is 16.0. The van der Waals surface area contributed by atoms with Gasteiger partial charge in [-0.25, -0.2) is 5.43 Å². The maximum atomic E-state index is 12.7. The Labute approximate surface area is 230 Å². The number of carbonyl (C=O) groups is 2. The van der Waals surface area contributed by atoms with Crippen molar-refractivity contribution in [1.82, 2.24) is 10.7 Å². The lowest BCUT2D eigenvalue weighted by molar-refractivity contribution is -0.123. The molecule has 0 aliphatic heterocycles. The lowest BCUT2D eigenvalue weighted by Gasteiger charge is -2.20. The number of halogens is 3. The van der Waals surface area contributed by atoms with Crippen molar-refractivity contribution in [2.24, 2.45) is 11.0 Å². The largest absolute Gasteiger partial charge is 0.493 e. The molecule has 0 spiro atoms. The summed E-state index contributed by atoms with van der Waals surface area (Å²) in [6.07, 6.45) is 1.47. The van der Waals surface area contributed by atoms with Crippen molar-refractivity contribution >= 4 is 52.8 Å². The normalized spacial score (nSPS) is 11.9. The van der Waals surface area contributed by atoms with E-state index in [1.54, 1.807) is 60.7 Å². The van der Waals surface area contributed by atoms with Crippen LogP contribution in [-0.4, -0.2) is 31.2 Å². The molecular formula is C27H26Cl3N3O4. The van der Waals surface area contributed by atoms with Gasteiger partial charge in [-0.15, -0.1) is 0 Å². The zero-order valence-corrected chi connectivity index (χ0v) is 22.7. The average Bonchev–Trinajstić information content (AvgIpc) is 2.87. The minimum atomic E-state index is -0.787. The quantitative estimate of drug-likeness (QED) is 0.229. The number of hydrogen-bond donors (Lipinski definition) is 2. The topological polar surface area (TPSA) is 89.0 Å². The zero-order valence-electron chi connectivity index (χ0n) is 20.4. The van der Waals surface area contributed by atoms with Crippen LogP contribution in [-0.2, 0) is 11.4 Å². The van der Waals surface area contributed by atoms with E-state index in [4.69, 9.17) is 44.3 Å². The molecule has 1 atom stereocenters. The molecule has 3 rings (SSSR count). The molecule has 0 heterocycles. The van der Waals surface area contributed by atoms with Crippen LogP contribution < -0.4 is 20.2 Å². The number of hydrazone groups is 1. The van der Waals surface area contributed by atoms with E-state index in [0.717, 1.165) is 5.56 Å². The van der Waals surface area contributed by atoms with Crippen molar-refractivity contribution in [2.45, 2.75) is 26.5 Å². The van der Waals surface area contributed by atoms with Gasteiger partial charge in [0.05, 0.1) is 13.3 Å². The van der Waals surface area contributed by atoms with E-state index in [0.29, 0.717) is 37.7 Å². The van der Waals surface area contributed by atoms with Gasteiger partial charge in [0.25, 0.3) is 11.8 Å². The second-order valence-corrected chi connectivity index (χ2v) is 9.65. The third-order valence-electron chi connectivity index (χ3n) is 5.32. The third-order valence-corrected chi connectivity index (χ3v) is 6.16. The molecule has 0 radical (unpaired) electrons. The summed E-state index contributed by atoms with van der Waals surface area (Å²) < 4.78 is 11.3. The van der Waals surface area contributed by atoms with Crippen molar-refractivity contribution in [1.29, 1.82) is 0 Å². The van der Waals surface area contributed by atoms with Crippen molar-refractivity contribution in [2.75, 3.05) is 7.11 Å². The monoisotopic (exact) mass is 561 g/mol. The molecule has 1 unspecified atom stereocenters. The number of amides is 2. The second kappa shape index (κ2) is 13.3. The van der Waals surface area contributed by atoms with Crippen LogP contribution in [0.25, 0.3) is 0 Å². The summed E-state index contributed by atoms with van der Waals surface area (Å²) in [6.45, 7) is 3.89. The standard InChI is InChI=1S/C27H26Cl3N3O4/c1-16(2)25(32-26(34)18-5-8-20(28)9-6-18)27(35)33-31-14-17-4-11-23(24(12-17)36-3)37-15-19-7-10-21(29)13-22(19)30/h4-14,16,25H,15H2,1-3H3,(H,32,34)(H,33,35). The van der Waals surface area contributed by atoms with Crippen LogP contribution in [0.3, 0.4) is 0 Å². The fourth-order valence-electron chi connectivity index (χ4n) is 3.28. The van der Waals surface area contributed by atoms with Crippen LogP contribution in [0.5, 0.6) is 11.5 Å². The lowest BCUT2D eigenvalue weighted by Crippen LogP contribution is -2.48. The molecule has 10 heteroatoms. The molecule has 0 aromatic heterocycles. The molecule has 3 aromatic carbocycles. The number of nitrogens with one attached hydrogen (secondary N) is 2. The highest BCUT2D eigenvalue weighted by Gasteiger charge is 2.24. The summed E-state index contributed by atoms with van der Waals surface area (Å²) in [5.41, 5.74) is 4.34. The van der Waals surface area contributed by atoms with E-state index in [-0.39, 0.29) is 18.4 Å². The predicted molar refractivity (Wildman–Crippen MR) is 147 cm³/mol. The summed E-state index contributed by atoms with van der Waals surface area (Å²) >= 11 is 18.0. The fraction of sp³-hybridized carbons (Fsp3) is 0.222. The highest BCUT2D eigenvalue weighted by atomic mass is 35.5. The van der Waals surface area contributed by atoms with E-state index in [2.05, 4.69) is 15.8 Å². The zero-order chi connectivity index (χ0) is 26.9. The Kier molecular flexibility index (Phi) is 10.2. The minimum absolute atomic E-state index is 0.169. The Morgan fingerprint density at radius 3 is 2.30 bits per heavy atom. The average molecular weight is 563 g/mol. The van der Waals surface area contributed by atoms with Crippen LogP contribution in [0, 0.1) is 5.92 Å². The third kappa shape index (κ3) is 8.12. The van der Waals surface area contributed by atoms with E-state index >= 15 is 0 Å². The number of methoxy groups -OCH3 is 1. The molecule has 0 aliphatic carbocycles. The smallest absolute Gasteiger partial charge is 0.262 e. The molecule has 37 heavy (non-hydrogen) atoms. The van der Waals surface area contributed by atoms with Crippen LogP contribution in [0.1, 0.15) is 35.3 Å². The summed E-state index contributed by atoms with van der Waals surface area (Å²) in [5, 5.41) is 8.35. The van der Waals surface area contributed by atoms with Crippen molar-refractivity contribution < 1.29 is 19.1 Å². The van der Waals surface area contributed by atoms with E-state index in [1.807, 2.05) is 13.8 Å². The number of carbonyl (C=O) groups excluding carboxylic acids is 2. The maximum absolute atomic E-state index is 12.7. The molecule has 194 valence electrons. The van der Waals surface area contributed by atoms with Crippen LogP contribution in [0.2, 0.25) is 15.1 Å². The molecule has 0 bridgehead atoms. The summed E-state index contributed by atoms with van der Waals surface area (Å²) in [5.74, 6) is 0.00212. The molecule has 0 fully saturated rings. The number of benzene rings is 3. The van der Waals surface area contributed by atoms with Crippen LogP contribution in [0.4, 0.5) is 0 Å². The Morgan fingerprint density at radius 2 is 1.65 bits per heavy atom. The van der Waals surface area contributed by atoms with Crippen LogP contribution >= 0.6 is 34.8 Å². The van der Waals surface area contributed by atoms with Crippen LogP contribution in [0.15, 0.2) is 65.8 Å². The van der Waals surface area contributed by atoms with Gasteiger partial charge in [0.1, 0.15) is 12.6 Å². The Bertz CT molecular complexity index is 1280. The molecule has 0 saturated carbocycles. The molecule has 3 aromatic rings. The predicted octanol–water partition coefficient (Wildman–Crippen LogP) is 6.14. The maximum Gasteiger partial charge on any atom is 0.262 e. The lowest BCUT2D eigenvalue weighted by atomic mass is 10.0. The van der Waals surface area contributed by atoms with Gasteiger partial charge < -0.3 is 14.8 Å². The van der Waals surface area contributed by atoms with E-state index in [1.165, 1.54) is 13.3 Å². The van der Waals surface area contributed by atoms with Gasteiger partial charge in [0, 0.05) is 26.2 Å². The first-order chi connectivity index (χ1) is 17.7. The first kappa shape index (κ1) is 28.3. The Morgan fingerprint density at radius 1 is 0.946 bits per heavy atom. The van der Waals surface area contributed by atoms with Gasteiger partial charge in [-0.2, -0.15) is 5.10 Å². The van der Waals surface area contributed by atoms with Gasteiger partial charge in [-0.1, -0.05) is 54.7 Å². The highest BCUT2D eigenvalue weighted by Crippen LogP contribution is 2.29. The summed E-state index contributed by atoms with van der Waals surface area (Å²) in [7, 11) is 1.52. The highest BCUT2D eigenvalue weighted by molar-refractivity contribution is 6.35. The molecule has 0 aliphatic rings. The Hall–Kier alpha value is -3.26. The Balaban J connectivity index is 1.61. The first-order valence-electron chi connectivity index (χ1n) is 11.3. The van der Waals surface area contributed by atoms with Crippen molar-refractivity contribution in [3.8, 4) is 11.5 Å². The minimum Gasteiger partial charge on any atom is -0.493 e.